The number of alkyl halides is 2. The third-order valence-corrected chi connectivity index (χ3v) is 8.16. The average Bonchev–Trinajstić information content (AvgIpc) is 3.30. The molecule has 3 atom stereocenters. The molecule has 234 valence electrons. The summed E-state index contributed by atoms with van der Waals surface area (Å²) in [5, 5.41) is 22.6. The van der Waals surface area contributed by atoms with Gasteiger partial charge in [0.25, 0.3) is 11.8 Å². The van der Waals surface area contributed by atoms with Crippen molar-refractivity contribution in [3.63, 3.8) is 0 Å². The molecule has 2 heterocycles. The predicted molar refractivity (Wildman–Crippen MR) is 154 cm³/mol. The number of benzene rings is 2. The highest BCUT2D eigenvalue weighted by molar-refractivity contribution is 6.31. The van der Waals surface area contributed by atoms with E-state index in [4.69, 9.17) is 11.6 Å². The van der Waals surface area contributed by atoms with E-state index in [0.29, 0.717) is 6.07 Å². The molecule has 1 saturated carbocycles. The van der Waals surface area contributed by atoms with E-state index in [1.165, 1.54) is 36.5 Å². The average molecular weight is 644 g/mol. The van der Waals surface area contributed by atoms with E-state index in [1.807, 2.05) is 6.07 Å². The van der Waals surface area contributed by atoms with Crippen molar-refractivity contribution in [1.82, 2.24) is 10.3 Å². The summed E-state index contributed by atoms with van der Waals surface area (Å²) in [5.41, 5.74) is -0.284. The predicted octanol–water partition coefficient (Wildman–Crippen LogP) is 4.82. The third kappa shape index (κ3) is 6.77. The van der Waals surface area contributed by atoms with Gasteiger partial charge in [0, 0.05) is 48.2 Å². The smallest absolute Gasteiger partial charge is 0.257 e. The Morgan fingerprint density at radius 2 is 1.78 bits per heavy atom. The summed E-state index contributed by atoms with van der Waals surface area (Å²) in [4.78, 5) is 47.5. The summed E-state index contributed by atoms with van der Waals surface area (Å²) < 4.78 is 57.0. The maximum atomic E-state index is 14.6. The first kappa shape index (κ1) is 31.9. The van der Waals surface area contributed by atoms with Gasteiger partial charge in [-0.2, -0.15) is 5.26 Å². The number of carbonyl (C=O) groups is 3. The van der Waals surface area contributed by atoms with E-state index < -0.39 is 84.5 Å². The highest BCUT2D eigenvalue weighted by Crippen LogP contribution is 2.38. The van der Waals surface area contributed by atoms with E-state index in [1.54, 1.807) is 6.07 Å². The third-order valence-electron chi connectivity index (χ3n) is 7.82. The lowest BCUT2D eigenvalue weighted by molar-refractivity contribution is -0.128. The number of pyridine rings is 1. The van der Waals surface area contributed by atoms with Gasteiger partial charge >= 0.3 is 0 Å². The quantitative estimate of drug-likeness (QED) is 0.356. The number of nitrogens with zero attached hydrogens (tertiary/aromatic N) is 4. The Labute approximate surface area is 260 Å². The molecule has 2 N–H and O–H groups in total. The number of hydrogen-bond acceptors (Lipinski definition) is 6. The number of hydrogen-bond donors (Lipinski definition) is 2. The lowest BCUT2D eigenvalue weighted by atomic mass is 9.91. The molecule has 2 aliphatic rings. The van der Waals surface area contributed by atoms with Gasteiger partial charge in [-0.25, -0.2) is 22.5 Å². The maximum Gasteiger partial charge on any atom is 0.257 e. The van der Waals surface area contributed by atoms with Crippen LogP contribution in [0.2, 0.25) is 5.02 Å². The molecule has 2 fully saturated rings. The molecule has 45 heavy (non-hydrogen) atoms. The van der Waals surface area contributed by atoms with Gasteiger partial charge in [0.2, 0.25) is 11.8 Å². The molecule has 1 aromatic heterocycles. The van der Waals surface area contributed by atoms with Crippen LogP contribution in [0, 0.1) is 23.0 Å². The van der Waals surface area contributed by atoms with Gasteiger partial charge in [-0.3, -0.25) is 24.2 Å². The van der Waals surface area contributed by atoms with Crippen molar-refractivity contribution in [1.29, 1.82) is 5.26 Å². The second-order valence-corrected chi connectivity index (χ2v) is 11.3. The number of aliphatic hydroxyl groups excluding tert-OH is 1. The van der Waals surface area contributed by atoms with Gasteiger partial charge in [0.15, 0.2) is 0 Å². The monoisotopic (exact) mass is 643 g/mol. The zero-order valence-corrected chi connectivity index (χ0v) is 24.2. The van der Waals surface area contributed by atoms with Gasteiger partial charge in [-0.1, -0.05) is 29.8 Å². The number of aromatic nitrogens is 1. The first-order valence-electron chi connectivity index (χ1n) is 14.0. The number of carbonyl (C=O) groups excluding carboxylic acids is 3. The van der Waals surface area contributed by atoms with E-state index in [0.717, 1.165) is 21.9 Å². The lowest BCUT2D eigenvalue weighted by Crippen LogP contribution is -2.53. The van der Waals surface area contributed by atoms with Gasteiger partial charge < -0.3 is 10.4 Å². The molecule has 1 aliphatic carbocycles. The molecule has 5 rings (SSSR count). The van der Waals surface area contributed by atoms with Crippen LogP contribution in [0.4, 0.5) is 29.1 Å². The zero-order valence-electron chi connectivity index (χ0n) is 23.5. The molecule has 2 aromatic carbocycles. The number of nitrogens with one attached hydrogen (secondary N) is 1. The van der Waals surface area contributed by atoms with E-state index in [9.17, 15) is 42.3 Å². The van der Waals surface area contributed by atoms with Crippen LogP contribution in [0.15, 0.2) is 60.8 Å². The Kier molecular flexibility index (Phi) is 9.08. The molecule has 3 aromatic rings. The number of anilines is 2. The number of rotatable bonds is 7. The largest absolute Gasteiger partial charge is 0.383 e. The van der Waals surface area contributed by atoms with Gasteiger partial charge in [-0.15, -0.1) is 0 Å². The van der Waals surface area contributed by atoms with Gasteiger partial charge in [0.05, 0.1) is 17.3 Å². The second kappa shape index (κ2) is 12.8. The number of aliphatic hydroxyl groups is 1. The van der Waals surface area contributed by atoms with Crippen LogP contribution < -0.4 is 15.1 Å². The zero-order chi connectivity index (χ0) is 32.5. The highest BCUT2D eigenvalue weighted by atomic mass is 35.5. The van der Waals surface area contributed by atoms with Crippen molar-refractivity contribution in [2.45, 2.75) is 62.3 Å². The topological polar surface area (TPSA) is 127 Å². The number of halogens is 5. The van der Waals surface area contributed by atoms with Gasteiger partial charge in [-0.05, 0) is 43.2 Å². The van der Waals surface area contributed by atoms with Crippen molar-refractivity contribution < 1.29 is 37.1 Å². The molecule has 1 unspecified atom stereocenters. The van der Waals surface area contributed by atoms with Crippen molar-refractivity contribution in [2.75, 3.05) is 9.80 Å². The van der Waals surface area contributed by atoms with Crippen LogP contribution in [-0.2, 0) is 14.4 Å². The highest BCUT2D eigenvalue weighted by Gasteiger charge is 2.48. The Morgan fingerprint density at radius 1 is 1.11 bits per heavy atom. The Bertz CT molecular complexity index is 1660. The van der Waals surface area contributed by atoms with Crippen molar-refractivity contribution in [2.24, 2.45) is 0 Å². The molecule has 0 spiro atoms. The van der Waals surface area contributed by atoms with Crippen molar-refractivity contribution in [3.05, 3.63) is 88.6 Å². The second-order valence-electron chi connectivity index (χ2n) is 10.9. The van der Waals surface area contributed by atoms with Crippen molar-refractivity contribution >= 4 is 40.8 Å². The summed E-state index contributed by atoms with van der Waals surface area (Å²) in [5.74, 6) is -8.05. The molecule has 1 aliphatic heterocycles. The minimum atomic E-state index is -2.89. The van der Waals surface area contributed by atoms with E-state index in [-0.39, 0.29) is 34.8 Å². The van der Waals surface area contributed by atoms with E-state index >= 15 is 0 Å². The Balaban J connectivity index is 1.63. The fraction of sp³-hybridized carbons (Fsp3) is 0.323. The first-order chi connectivity index (χ1) is 21.4. The van der Waals surface area contributed by atoms with Crippen molar-refractivity contribution in [3.8, 4) is 6.07 Å². The summed E-state index contributed by atoms with van der Waals surface area (Å²) in [6.07, 6.45) is -2.02. The Hall–Kier alpha value is -4.54. The summed E-state index contributed by atoms with van der Waals surface area (Å²) in [6, 6.07) is 8.62. The summed E-state index contributed by atoms with van der Waals surface area (Å²) in [7, 11) is 0. The summed E-state index contributed by atoms with van der Waals surface area (Å²) in [6.45, 7) is 0. The number of amides is 3. The minimum absolute atomic E-state index is 0.00489. The molecular formula is C31H26ClF4N5O4. The fourth-order valence-corrected chi connectivity index (χ4v) is 5.88. The Morgan fingerprint density at radius 3 is 2.42 bits per heavy atom. The normalized spacial score (nSPS) is 20.4. The van der Waals surface area contributed by atoms with Crippen LogP contribution >= 0.6 is 11.6 Å². The minimum Gasteiger partial charge on any atom is -0.383 e. The van der Waals surface area contributed by atoms with Crippen LogP contribution in [0.5, 0.6) is 0 Å². The first-order valence-corrected chi connectivity index (χ1v) is 14.4. The van der Waals surface area contributed by atoms with E-state index in [2.05, 4.69) is 10.3 Å². The molecule has 14 heteroatoms. The molecule has 1 saturated heterocycles. The van der Waals surface area contributed by atoms with Crippen LogP contribution in [0.3, 0.4) is 0 Å². The lowest BCUT2D eigenvalue weighted by Gasteiger charge is -2.37. The number of nitriles is 1. The summed E-state index contributed by atoms with van der Waals surface area (Å²) >= 11 is 6.50. The van der Waals surface area contributed by atoms with Crippen LogP contribution in [0.1, 0.15) is 49.3 Å². The molecule has 9 nitrogen and oxygen atoms in total. The molecule has 0 bridgehead atoms. The standard InChI is InChI=1S/C31H26ClF4N5O4/c32-23-4-2-1-3-22(23)27(28(43)39-20-5-8-31(35,36)9-6-20)40(21-13-18(33)12-19(34)14-21)29(44)24-15-25(42)30(45)41(24)26-11-17(16-37)7-10-38-26/h1-4,7,10-14,20,24-25,27,42H,5-6,8-9,15H2,(H,39,43)/t24?,25-,27+/m1/s1. The van der Waals surface area contributed by atoms with Crippen LogP contribution in [-0.4, -0.2) is 51.9 Å². The molecule has 0 radical (unpaired) electrons. The van der Waals surface area contributed by atoms with Gasteiger partial charge in [0.1, 0.15) is 35.6 Å². The maximum absolute atomic E-state index is 14.6. The SMILES string of the molecule is N#Cc1ccnc(N2C(=O)[C@H](O)CC2C(=O)N(c2cc(F)cc(F)c2)[C@H](C(=O)NC2CCC(F)(F)CC2)c2ccccc2Cl)c1. The fourth-order valence-electron chi connectivity index (χ4n) is 5.64. The van der Waals surface area contributed by atoms with Crippen LogP contribution in [0.25, 0.3) is 0 Å². The molecular weight excluding hydrogens is 618 g/mol. The molecule has 3 amide bonds.